The zero-order valence-electron chi connectivity index (χ0n) is 8.63. The third kappa shape index (κ3) is 1.80. The quantitative estimate of drug-likeness (QED) is 0.628. The van der Waals surface area contributed by atoms with Gasteiger partial charge >= 0.3 is 112 Å². The Hall–Kier alpha value is -1.16. The van der Waals surface area contributed by atoms with Gasteiger partial charge < -0.3 is 0 Å². The number of hydrogen-bond donors (Lipinski definition) is 0. The van der Waals surface area contributed by atoms with Gasteiger partial charge in [-0.15, -0.1) is 0 Å². The van der Waals surface area contributed by atoms with Crippen LogP contribution in [0.2, 0.25) is 0 Å². The normalized spacial score (nSPS) is 10.9. The van der Waals surface area contributed by atoms with E-state index in [1.54, 1.807) is 9.76 Å². The van der Waals surface area contributed by atoms with Gasteiger partial charge in [0, 0.05) is 0 Å². The van der Waals surface area contributed by atoms with Crippen LogP contribution in [0, 0.1) is 0 Å². The van der Waals surface area contributed by atoms with E-state index >= 15 is 0 Å². The van der Waals surface area contributed by atoms with Crippen LogP contribution in [0.5, 0.6) is 0 Å². The zero-order chi connectivity index (χ0) is 11.8. The number of fused-ring (bicyclic) bond motifs is 1. The van der Waals surface area contributed by atoms with Crippen molar-refractivity contribution in [2.45, 2.75) is 0 Å². The third-order valence-corrected chi connectivity index (χ3v) is 6.10. The first-order valence-electron chi connectivity index (χ1n) is 4.99. The fraction of sp³-hybridized carbons (Fsp3) is 0. The summed E-state index contributed by atoms with van der Waals surface area (Å²) in [5.41, 5.74) is 0.0417. The Labute approximate surface area is 112 Å². The Morgan fingerprint density at radius 2 is 2.06 bits per heavy atom. The van der Waals surface area contributed by atoms with E-state index in [9.17, 15) is 4.79 Å². The van der Waals surface area contributed by atoms with Crippen molar-refractivity contribution in [3.8, 4) is 5.82 Å². The SMILES string of the molecule is O=c1c2cccc(Br)c2[se]n1-c1ccccn1. The maximum atomic E-state index is 12.2. The molecule has 3 rings (SSSR count). The second-order valence-corrected chi connectivity index (χ2v) is 6.36. The van der Waals surface area contributed by atoms with E-state index < -0.39 is 0 Å². The van der Waals surface area contributed by atoms with Gasteiger partial charge in [-0.05, 0) is 0 Å². The molecular weight excluding hydrogens is 347 g/mol. The monoisotopic (exact) mass is 354 g/mol. The molecule has 0 fully saturated rings. The van der Waals surface area contributed by atoms with E-state index in [0.717, 1.165) is 19.9 Å². The van der Waals surface area contributed by atoms with E-state index in [2.05, 4.69) is 20.9 Å². The topological polar surface area (TPSA) is 34.9 Å². The van der Waals surface area contributed by atoms with Crippen LogP contribution in [0.15, 0.2) is 51.9 Å². The molecule has 2 aromatic heterocycles. The predicted molar refractivity (Wildman–Crippen MR) is 72.0 cm³/mol. The minimum atomic E-state index is -0.0408. The van der Waals surface area contributed by atoms with Crippen molar-refractivity contribution in [1.29, 1.82) is 0 Å². The molecule has 0 radical (unpaired) electrons. The predicted octanol–water partition coefficient (Wildman–Crippen LogP) is 2.21. The molecular formula is C12H7BrN2OSe. The van der Waals surface area contributed by atoms with Gasteiger partial charge in [-0.2, -0.15) is 0 Å². The first-order chi connectivity index (χ1) is 8.27. The van der Waals surface area contributed by atoms with Crippen molar-refractivity contribution in [2.24, 2.45) is 0 Å². The summed E-state index contributed by atoms with van der Waals surface area (Å²) in [5, 5.41) is 0.782. The molecule has 0 aliphatic heterocycles. The van der Waals surface area contributed by atoms with Crippen LogP contribution in [0.1, 0.15) is 0 Å². The Morgan fingerprint density at radius 1 is 1.18 bits per heavy atom. The molecule has 0 spiro atoms. The molecule has 1 aromatic carbocycles. The first-order valence-corrected chi connectivity index (χ1v) is 7.41. The summed E-state index contributed by atoms with van der Waals surface area (Å²) in [6.07, 6.45) is 1.71. The molecule has 0 aliphatic rings. The van der Waals surface area contributed by atoms with Crippen LogP contribution in [0.4, 0.5) is 0 Å². The number of hydrogen-bond acceptors (Lipinski definition) is 2. The molecule has 0 saturated heterocycles. The third-order valence-electron chi connectivity index (χ3n) is 2.42. The zero-order valence-corrected chi connectivity index (χ0v) is 11.9. The van der Waals surface area contributed by atoms with E-state index in [1.165, 1.54) is 0 Å². The molecule has 0 N–H and O–H groups in total. The van der Waals surface area contributed by atoms with Crippen LogP contribution in [-0.2, 0) is 0 Å². The van der Waals surface area contributed by atoms with Gasteiger partial charge in [-0.3, -0.25) is 0 Å². The van der Waals surface area contributed by atoms with Gasteiger partial charge in [0.2, 0.25) is 0 Å². The molecule has 0 atom stereocenters. The number of aromatic nitrogens is 2. The number of pyridine rings is 1. The summed E-state index contributed by atoms with van der Waals surface area (Å²) in [7, 11) is 0. The average molecular weight is 354 g/mol. The summed E-state index contributed by atoms with van der Waals surface area (Å²) < 4.78 is 3.85. The second kappa shape index (κ2) is 4.26. The Kier molecular flexibility index (Phi) is 2.74. The Morgan fingerprint density at radius 3 is 2.76 bits per heavy atom. The van der Waals surface area contributed by atoms with E-state index in [4.69, 9.17) is 0 Å². The summed E-state index contributed by atoms with van der Waals surface area (Å²) in [6, 6.07) is 11.3. The van der Waals surface area contributed by atoms with Crippen molar-refractivity contribution in [2.75, 3.05) is 0 Å². The molecule has 3 nitrogen and oxygen atoms in total. The minimum absolute atomic E-state index is 0.0408. The molecule has 0 bridgehead atoms. The van der Waals surface area contributed by atoms with Gasteiger partial charge in [0.25, 0.3) is 0 Å². The molecule has 0 saturated carbocycles. The number of benzene rings is 1. The Bertz CT molecular complexity index is 733. The summed E-state index contributed by atoms with van der Waals surface area (Å²) in [6.45, 7) is 0. The van der Waals surface area contributed by atoms with Crippen LogP contribution < -0.4 is 5.56 Å². The molecule has 17 heavy (non-hydrogen) atoms. The van der Waals surface area contributed by atoms with Gasteiger partial charge in [-0.25, -0.2) is 0 Å². The fourth-order valence-corrected chi connectivity index (χ4v) is 4.42. The second-order valence-electron chi connectivity index (χ2n) is 3.50. The number of rotatable bonds is 1. The van der Waals surface area contributed by atoms with E-state index in [1.807, 2.05) is 36.4 Å². The number of nitrogens with zero attached hydrogens (tertiary/aromatic N) is 2. The van der Waals surface area contributed by atoms with Gasteiger partial charge in [0.15, 0.2) is 0 Å². The van der Waals surface area contributed by atoms with Gasteiger partial charge in [-0.1, -0.05) is 0 Å². The van der Waals surface area contributed by atoms with Crippen LogP contribution in [-0.4, -0.2) is 23.3 Å². The van der Waals surface area contributed by atoms with Gasteiger partial charge in [0.05, 0.1) is 0 Å². The van der Waals surface area contributed by atoms with Crippen molar-refractivity contribution in [3.05, 3.63) is 57.4 Å². The van der Waals surface area contributed by atoms with Crippen molar-refractivity contribution < 1.29 is 0 Å². The summed E-state index contributed by atoms with van der Waals surface area (Å²) >= 11 is 3.45. The molecule has 5 heteroatoms. The molecule has 0 aliphatic carbocycles. The summed E-state index contributed by atoms with van der Waals surface area (Å²) in [4.78, 5) is 16.5. The molecule has 3 aromatic rings. The van der Waals surface area contributed by atoms with Crippen molar-refractivity contribution >= 4 is 40.3 Å². The fourth-order valence-electron chi connectivity index (χ4n) is 1.64. The standard InChI is InChI=1S/C12H7BrN2OSe/c13-9-5-3-4-8-11(9)17-15(12(8)16)10-6-1-2-7-14-10/h1-7H. The molecule has 2 heterocycles. The number of halogens is 1. The van der Waals surface area contributed by atoms with Crippen LogP contribution in [0.25, 0.3) is 15.5 Å². The molecule has 0 amide bonds. The van der Waals surface area contributed by atoms with Crippen molar-refractivity contribution in [1.82, 2.24) is 8.55 Å². The molecule has 84 valence electrons. The summed E-state index contributed by atoms with van der Waals surface area (Å²) in [5.74, 6) is 0.723. The van der Waals surface area contributed by atoms with Gasteiger partial charge in [0.1, 0.15) is 0 Å². The average Bonchev–Trinajstić information content (AvgIpc) is 2.70. The van der Waals surface area contributed by atoms with Crippen molar-refractivity contribution in [3.63, 3.8) is 0 Å². The van der Waals surface area contributed by atoms with E-state index in [-0.39, 0.29) is 20.3 Å². The first kappa shape index (κ1) is 11.0. The molecule has 0 unspecified atom stereocenters. The van der Waals surface area contributed by atoms with Crippen LogP contribution >= 0.6 is 15.9 Å². The van der Waals surface area contributed by atoms with Crippen LogP contribution in [0.3, 0.4) is 0 Å². The Balaban J connectivity index is 2.37. The maximum absolute atomic E-state index is 12.2. The van der Waals surface area contributed by atoms with E-state index in [0.29, 0.717) is 0 Å².